The van der Waals surface area contributed by atoms with Gasteiger partial charge in [-0.1, -0.05) is 68.3 Å². The van der Waals surface area contributed by atoms with Gasteiger partial charge in [0.2, 0.25) is 0 Å². The molecule has 0 aliphatic heterocycles. The summed E-state index contributed by atoms with van der Waals surface area (Å²) in [4.78, 5) is 4.64. The van der Waals surface area contributed by atoms with Crippen LogP contribution in [0, 0.1) is 0 Å². The van der Waals surface area contributed by atoms with E-state index in [0.29, 0.717) is 6.61 Å². The van der Waals surface area contributed by atoms with E-state index in [1.165, 1.54) is 18.4 Å². The fourth-order valence-electron chi connectivity index (χ4n) is 2.60. The topological polar surface area (TPSA) is 22.1 Å². The molecule has 0 spiro atoms. The smallest absolute Gasteiger partial charge is 0.130 e. The second kappa shape index (κ2) is 8.30. The Kier molecular flexibility index (Phi) is 5.62. The average Bonchev–Trinajstić information content (AvgIpc) is 2.64. The Balaban J connectivity index is 1.64. The minimum atomic E-state index is 0.480. The van der Waals surface area contributed by atoms with Crippen LogP contribution in [0.5, 0.6) is 5.75 Å². The summed E-state index contributed by atoms with van der Waals surface area (Å²) in [6, 6.07) is 20.4. The summed E-state index contributed by atoms with van der Waals surface area (Å²) < 4.78 is 5.91. The summed E-state index contributed by atoms with van der Waals surface area (Å²) in [5.41, 5.74) is 3.12. The van der Waals surface area contributed by atoms with Gasteiger partial charge in [0.15, 0.2) is 0 Å². The number of unbranched alkanes of at least 4 members (excludes halogenated alkanes) is 2. The van der Waals surface area contributed by atoms with Crippen LogP contribution in [-0.2, 0) is 6.61 Å². The van der Waals surface area contributed by atoms with Gasteiger partial charge in [0, 0.05) is 5.39 Å². The van der Waals surface area contributed by atoms with Crippen LogP contribution in [0.2, 0.25) is 0 Å². The summed E-state index contributed by atoms with van der Waals surface area (Å²) in [5.74, 6) is 0.877. The number of benzene rings is 2. The molecule has 0 atom stereocenters. The van der Waals surface area contributed by atoms with Gasteiger partial charge in [-0.2, -0.15) is 0 Å². The van der Waals surface area contributed by atoms with Gasteiger partial charge < -0.3 is 4.74 Å². The highest BCUT2D eigenvalue weighted by molar-refractivity contribution is 5.78. The van der Waals surface area contributed by atoms with Gasteiger partial charge >= 0.3 is 0 Å². The minimum absolute atomic E-state index is 0.480. The van der Waals surface area contributed by atoms with E-state index in [4.69, 9.17) is 4.74 Å². The summed E-state index contributed by atoms with van der Waals surface area (Å²) in [6.07, 6.45) is 7.99. The predicted octanol–water partition coefficient (Wildman–Crippen LogP) is 6.02. The molecule has 0 saturated heterocycles. The lowest BCUT2D eigenvalue weighted by Crippen LogP contribution is -1.98. The maximum Gasteiger partial charge on any atom is 0.130 e. The number of hydrogen-bond acceptors (Lipinski definition) is 2. The van der Waals surface area contributed by atoms with Crippen LogP contribution in [0.1, 0.15) is 37.4 Å². The molecule has 0 saturated carbocycles. The summed E-state index contributed by atoms with van der Waals surface area (Å²) >= 11 is 0. The number of ether oxygens (including phenoxy) is 1. The Labute approximate surface area is 143 Å². The fraction of sp³-hybridized carbons (Fsp3) is 0.227. The highest BCUT2D eigenvalue weighted by Gasteiger charge is 2.00. The van der Waals surface area contributed by atoms with Gasteiger partial charge in [-0.15, -0.1) is 0 Å². The first kappa shape index (κ1) is 16.3. The van der Waals surface area contributed by atoms with Crippen molar-refractivity contribution in [2.45, 2.75) is 32.8 Å². The van der Waals surface area contributed by atoms with Gasteiger partial charge in [0.05, 0.1) is 11.2 Å². The lowest BCUT2D eigenvalue weighted by Gasteiger charge is -2.07. The SMILES string of the molecule is CCCC/C=C/c1cccc(OCc2ccc3ccccc3n2)c1. The number of aromatic nitrogens is 1. The normalized spacial score (nSPS) is 11.2. The number of para-hydroxylation sites is 1. The van der Waals surface area contributed by atoms with Crippen LogP contribution in [-0.4, -0.2) is 4.98 Å². The number of hydrogen-bond donors (Lipinski definition) is 0. The first-order chi connectivity index (χ1) is 11.8. The van der Waals surface area contributed by atoms with Crippen molar-refractivity contribution in [3.63, 3.8) is 0 Å². The molecule has 1 aromatic heterocycles. The van der Waals surface area contributed by atoms with Gasteiger partial charge in [-0.3, -0.25) is 0 Å². The number of rotatable bonds is 7. The number of fused-ring (bicyclic) bond motifs is 1. The third-order valence-electron chi connectivity index (χ3n) is 3.94. The Morgan fingerprint density at radius 3 is 2.83 bits per heavy atom. The van der Waals surface area contributed by atoms with E-state index in [0.717, 1.165) is 28.8 Å². The van der Waals surface area contributed by atoms with Crippen LogP contribution in [0.3, 0.4) is 0 Å². The molecule has 1 heterocycles. The van der Waals surface area contributed by atoms with Crippen molar-refractivity contribution in [1.29, 1.82) is 0 Å². The van der Waals surface area contributed by atoms with E-state index in [-0.39, 0.29) is 0 Å². The van der Waals surface area contributed by atoms with Crippen LogP contribution < -0.4 is 4.74 Å². The zero-order valence-corrected chi connectivity index (χ0v) is 14.1. The number of nitrogens with zero attached hydrogens (tertiary/aromatic N) is 1. The molecule has 2 nitrogen and oxygen atoms in total. The third kappa shape index (κ3) is 4.45. The zero-order valence-electron chi connectivity index (χ0n) is 14.1. The average molecular weight is 317 g/mol. The van der Waals surface area contributed by atoms with Gasteiger partial charge in [0.1, 0.15) is 12.4 Å². The molecule has 2 aromatic carbocycles. The van der Waals surface area contributed by atoms with E-state index in [2.05, 4.69) is 48.3 Å². The molecule has 3 aromatic rings. The summed E-state index contributed by atoms with van der Waals surface area (Å²) in [7, 11) is 0. The van der Waals surface area contributed by atoms with E-state index in [1.54, 1.807) is 0 Å². The lowest BCUT2D eigenvalue weighted by atomic mass is 10.1. The number of pyridine rings is 1. The van der Waals surface area contributed by atoms with Crippen molar-refractivity contribution < 1.29 is 4.74 Å². The fourth-order valence-corrected chi connectivity index (χ4v) is 2.60. The molecule has 0 unspecified atom stereocenters. The molecule has 122 valence electrons. The van der Waals surface area contributed by atoms with E-state index in [9.17, 15) is 0 Å². The molecule has 2 heteroatoms. The monoisotopic (exact) mass is 317 g/mol. The number of allylic oxidation sites excluding steroid dienone is 1. The van der Waals surface area contributed by atoms with Crippen LogP contribution in [0.15, 0.2) is 66.7 Å². The Morgan fingerprint density at radius 2 is 1.92 bits per heavy atom. The van der Waals surface area contributed by atoms with E-state index in [1.807, 2.05) is 36.4 Å². The van der Waals surface area contributed by atoms with Crippen LogP contribution in [0.4, 0.5) is 0 Å². The molecule has 24 heavy (non-hydrogen) atoms. The first-order valence-electron chi connectivity index (χ1n) is 8.59. The molecular weight excluding hydrogens is 294 g/mol. The zero-order chi connectivity index (χ0) is 16.6. The van der Waals surface area contributed by atoms with Crippen molar-refractivity contribution in [2.75, 3.05) is 0 Å². The molecule has 0 bridgehead atoms. The summed E-state index contributed by atoms with van der Waals surface area (Å²) in [6.45, 7) is 2.69. The van der Waals surface area contributed by atoms with Crippen molar-refractivity contribution in [2.24, 2.45) is 0 Å². The molecule has 0 aliphatic carbocycles. The molecular formula is C22H23NO. The maximum atomic E-state index is 5.91. The molecule has 0 radical (unpaired) electrons. The van der Waals surface area contributed by atoms with Crippen molar-refractivity contribution >= 4 is 17.0 Å². The van der Waals surface area contributed by atoms with Gasteiger partial charge in [0.25, 0.3) is 0 Å². The van der Waals surface area contributed by atoms with Crippen LogP contribution in [0.25, 0.3) is 17.0 Å². The van der Waals surface area contributed by atoms with Gasteiger partial charge in [-0.25, -0.2) is 4.98 Å². The largest absolute Gasteiger partial charge is 0.487 e. The lowest BCUT2D eigenvalue weighted by molar-refractivity contribution is 0.302. The minimum Gasteiger partial charge on any atom is -0.487 e. The molecule has 0 amide bonds. The third-order valence-corrected chi connectivity index (χ3v) is 3.94. The van der Waals surface area contributed by atoms with Crippen molar-refractivity contribution in [3.8, 4) is 5.75 Å². The summed E-state index contributed by atoms with van der Waals surface area (Å²) in [5, 5.41) is 1.15. The predicted molar refractivity (Wildman–Crippen MR) is 101 cm³/mol. The quantitative estimate of drug-likeness (QED) is 0.497. The Morgan fingerprint density at radius 1 is 1.00 bits per heavy atom. The second-order valence-electron chi connectivity index (χ2n) is 5.90. The second-order valence-corrected chi connectivity index (χ2v) is 5.90. The van der Waals surface area contributed by atoms with Gasteiger partial charge in [-0.05, 0) is 36.2 Å². The molecule has 3 rings (SSSR count). The van der Waals surface area contributed by atoms with E-state index >= 15 is 0 Å². The Hall–Kier alpha value is -2.61. The highest BCUT2D eigenvalue weighted by Crippen LogP contribution is 2.17. The molecule has 0 fully saturated rings. The maximum absolute atomic E-state index is 5.91. The van der Waals surface area contributed by atoms with Crippen LogP contribution >= 0.6 is 0 Å². The first-order valence-corrected chi connectivity index (χ1v) is 8.59. The van der Waals surface area contributed by atoms with E-state index < -0.39 is 0 Å². The molecule has 0 aliphatic rings. The van der Waals surface area contributed by atoms with Crippen molar-refractivity contribution in [1.82, 2.24) is 4.98 Å². The molecule has 0 N–H and O–H groups in total. The highest BCUT2D eigenvalue weighted by atomic mass is 16.5. The Bertz CT molecular complexity index is 823. The standard InChI is InChI=1S/C22H23NO/c1-2-3-4-5-9-18-10-8-12-21(16-18)24-17-20-15-14-19-11-6-7-13-22(19)23-20/h5-16H,2-4,17H2,1H3/b9-5+. The van der Waals surface area contributed by atoms with Crippen molar-refractivity contribution in [3.05, 3.63) is 78.0 Å².